The summed E-state index contributed by atoms with van der Waals surface area (Å²) in [6.45, 7) is 2.07. The van der Waals surface area contributed by atoms with E-state index < -0.39 is 0 Å². The number of fused-ring (bicyclic) bond motifs is 1. The summed E-state index contributed by atoms with van der Waals surface area (Å²) in [5, 5.41) is 5.38. The third-order valence-electron chi connectivity index (χ3n) is 5.70. The molecule has 3 aromatic carbocycles. The van der Waals surface area contributed by atoms with Gasteiger partial charge >= 0.3 is 0 Å². The maximum Gasteiger partial charge on any atom is 0.251 e. The number of nitrogens with zero attached hydrogens (tertiary/aromatic N) is 4. The molecule has 2 aromatic heterocycles. The third-order valence-corrected chi connectivity index (χ3v) is 5.70. The largest absolute Gasteiger partial charge is 0.497 e. The fraction of sp³-hybridized carbons (Fsp3) is 0.148. The number of ether oxygens (including phenoxy) is 3. The Morgan fingerprint density at radius 3 is 2.24 bits per heavy atom. The molecule has 2 heterocycles. The van der Waals surface area contributed by atoms with Crippen molar-refractivity contribution < 1.29 is 14.2 Å². The van der Waals surface area contributed by atoms with E-state index in [-0.39, 0.29) is 0 Å². The van der Waals surface area contributed by atoms with Crippen LogP contribution in [0.3, 0.4) is 0 Å². The van der Waals surface area contributed by atoms with Crippen LogP contribution in [0.15, 0.2) is 73.1 Å². The zero-order chi connectivity index (χ0) is 23.7. The molecule has 0 saturated heterocycles. The summed E-state index contributed by atoms with van der Waals surface area (Å²) >= 11 is 0. The van der Waals surface area contributed by atoms with Crippen molar-refractivity contribution in [1.82, 2.24) is 19.7 Å². The van der Waals surface area contributed by atoms with Gasteiger partial charge in [-0.1, -0.05) is 42.0 Å². The molecule has 0 fully saturated rings. The molecule has 0 saturated carbocycles. The molecule has 34 heavy (non-hydrogen) atoms. The molecule has 0 atom stereocenters. The Hall–Kier alpha value is -4.39. The van der Waals surface area contributed by atoms with Crippen LogP contribution >= 0.6 is 0 Å². The smallest absolute Gasteiger partial charge is 0.251 e. The van der Waals surface area contributed by atoms with Crippen LogP contribution in [0.25, 0.3) is 39.2 Å². The van der Waals surface area contributed by atoms with E-state index in [1.165, 1.54) is 5.56 Å². The highest BCUT2D eigenvalue weighted by molar-refractivity contribution is 5.95. The first-order chi connectivity index (χ1) is 16.6. The maximum atomic E-state index is 5.53. The molecule has 7 nitrogen and oxygen atoms in total. The lowest BCUT2D eigenvalue weighted by molar-refractivity contribution is 0.356. The summed E-state index contributed by atoms with van der Waals surface area (Å²) < 4.78 is 18.2. The fourth-order valence-corrected chi connectivity index (χ4v) is 3.86. The van der Waals surface area contributed by atoms with Crippen LogP contribution in [0.1, 0.15) is 5.56 Å². The van der Waals surface area contributed by atoms with Gasteiger partial charge in [0.25, 0.3) is 5.95 Å². The molecule has 170 valence electrons. The number of benzene rings is 3. The molecule has 0 spiro atoms. The molecule has 5 rings (SSSR count). The summed E-state index contributed by atoms with van der Waals surface area (Å²) in [6.07, 6.45) is 3.75. The van der Waals surface area contributed by atoms with E-state index in [4.69, 9.17) is 24.2 Å². The highest BCUT2D eigenvalue weighted by Gasteiger charge is 2.17. The van der Waals surface area contributed by atoms with Crippen LogP contribution in [0.4, 0.5) is 0 Å². The minimum Gasteiger partial charge on any atom is -0.497 e. The van der Waals surface area contributed by atoms with E-state index in [2.05, 4.69) is 36.3 Å². The van der Waals surface area contributed by atoms with Crippen LogP contribution in [0.2, 0.25) is 0 Å². The van der Waals surface area contributed by atoms with E-state index in [1.54, 1.807) is 26.0 Å². The predicted octanol–water partition coefficient (Wildman–Crippen LogP) is 5.48. The van der Waals surface area contributed by atoms with Crippen molar-refractivity contribution >= 4 is 10.9 Å². The van der Waals surface area contributed by atoms with Crippen LogP contribution < -0.4 is 14.2 Å². The minimum absolute atomic E-state index is 0.455. The van der Waals surface area contributed by atoms with E-state index >= 15 is 0 Å². The van der Waals surface area contributed by atoms with Crippen molar-refractivity contribution in [3.05, 3.63) is 78.6 Å². The Balaban J connectivity index is 1.70. The maximum absolute atomic E-state index is 5.53. The monoisotopic (exact) mass is 452 g/mol. The van der Waals surface area contributed by atoms with Crippen molar-refractivity contribution in [3.8, 4) is 45.6 Å². The van der Waals surface area contributed by atoms with Gasteiger partial charge in [0.05, 0.1) is 38.7 Å². The number of aromatic nitrogens is 4. The van der Waals surface area contributed by atoms with Crippen LogP contribution in [-0.4, -0.2) is 41.1 Å². The molecule has 0 N–H and O–H groups in total. The number of rotatable bonds is 6. The molecule has 0 radical (unpaired) electrons. The van der Waals surface area contributed by atoms with Gasteiger partial charge in [0.1, 0.15) is 5.75 Å². The first-order valence-corrected chi connectivity index (χ1v) is 10.8. The standard InChI is InChI=1S/C27H24N4O3/c1-17-8-10-18(11-9-17)20-15-28-31(16-20)27-29-23-14-25(34-4)24(33-3)13-22(23)26(30-27)19-6-5-7-21(12-19)32-2/h5-16H,1-4H3. The third kappa shape index (κ3) is 3.92. The van der Waals surface area contributed by atoms with E-state index in [1.807, 2.05) is 48.8 Å². The Morgan fingerprint density at radius 1 is 0.735 bits per heavy atom. The molecule has 0 bridgehead atoms. The quantitative estimate of drug-likeness (QED) is 0.340. The molecular formula is C27H24N4O3. The Kier molecular flexibility index (Phi) is 5.59. The van der Waals surface area contributed by atoms with Gasteiger partial charge in [-0.05, 0) is 30.7 Å². The van der Waals surface area contributed by atoms with Crippen LogP contribution in [-0.2, 0) is 0 Å². The lowest BCUT2D eigenvalue weighted by Crippen LogP contribution is -2.04. The zero-order valence-corrected chi connectivity index (χ0v) is 19.4. The fourth-order valence-electron chi connectivity index (χ4n) is 3.86. The Morgan fingerprint density at radius 2 is 1.50 bits per heavy atom. The van der Waals surface area contributed by atoms with Crippen molar-refractivity contribution in [2.24, 2.45) is 0 Å². The molecule has 0 aliphatic rings. The summed E-state index contributed by atoms with van der Waals surface area (Å²) in [5.41, 5.74) is 5.63. The van der Waals surface area contributed by atoms with Gasteiger partial charge < -0.3 is 14.2 Å². The highest BCUT2D eigenvalue weighted by atomic mass is 16.5. The van der Waals surface area contributed by atoms with Crippen LogP contribution in [0, 0.1) is 6.92 Å². The lowest BCUT2D eigenvalue weighted by atomic mass is 10.1. The van der Waals surface area contributed by atoms with Gasteiger partial charge in [-0.15, -0.1) is 0 Å². The van der Waals surface area contributed by atoms with Crippen LogP contribution in [0.5, 0.6) is 17.2 Å². The Labute approximate surface area is 197 Å². The first-order valence-electron chi connectivity index (χ1n) is 10.8. The van der Waals surface area contributed by atoms with Gasteiger partial charge in [-0.3, -0.25) is 0 Å². The number of aryl methyl sites for hydroxylation is 1. The van der Waals surface area contributed by atoms with Crippen molar-refractivity contribution in [2.45, 2.75) is 6.92 Å². The molecule has 0 aliphatic heterocycles. The molecule has 7 heteroatoms. The molecule has 5 aromatic rings. The van der Waals surface area contributed by atoms with Gasteiger partial charge in [0.2, 0.25) is 0 Å². The van der Waals surface area contributed by atoms with Crippen molar-refractivity contribution in [3.63, 3.8) is 0 Å². The second-order valence-electron chi connectivity index (χ2n) is 7.87. The number of hydrogen-bond acceptors (Lipinski definition) is 6. The van der Waals surface area contributed by atoms with Gasteiger partial charge in [0, 0.05) is 28.8 Å². The summed E-state index contributed by atoms with van der Waals surface area (Å²) in [5.74, 6) is 2.40. The van der Waals surface area contributed by atoms with Gasteiger partial charge in [-0.2, -0.15) is 5.10 Å². The topological polar surface area (TPSA) is 71.3 Å². The zero-order valence-electron chi connectivity index (χ0n) is 19.4. The summed E-state index contributed by atoms with van der Waals surface area (Å²) in [6, 6.07) is 19.9. The summed E-state index contributed by atoms with van der Waals surface area (Å²) in [4.78, 5) is 9.71. The van der Waals surface area contributed by atoms with Crippen molar-refractivity contribution in [1.29, 1.82) is 0 Å². The second kappa shape index (κ2) is 8.86. The molecule has 0 aliphatic carbocycles. The Bertz CT molecular complexity index is 1480. The van der Waals surface area contributed by atoms with E-state index in [0.717, 1.165) is 33.5 Å². The molecule has 0 amide bonds. The van der Waals surface area contributed by atoms with Crippen molar-refractivity contribution in [2.75, 3.05) is 21.3 Å². The van der Waals surface area contributed by atoms with E-state index in [9.17, 15) is 0 Å². The van der Waals surface area contributed by atoms with E-state index in [0.29, 0.717) is 23.0 Å². The predicted molar refractivity (Wildman–Crippen MR) is 132 cm³/mol. The summed E-state index contributed by atoms with van der Waals surface area (Å²) in [7, 11) is 4.86. The average Bonchev–Trinajstić information content (AvgIpc) is 3.38. The second-order valence-corrected chi connectivity index (χ2v) is 7.87. The number of methoxy groups -OCH3 is 3. The SMILES string of the molecule is COc1cccc(-c2nc(-n3cc(-c4ccc(C)cc4)cn3)nc3cc(OC)c(OC)cc23)c1. The minimum atomic E-state index is 0.455. The lowest BCUT2D eigenvalue weighted by Gasteiger charge is -2.13. The molecule has 0 unspecified atom stereocenters. The first kappa shape index (κ1) is 21.5. The number of hydrogen-bond donors (Lipinski definition) is 0. The van der Waals surface area contributed by atoms with Gasteiger partial charge in [0.15, 0.2) is 11.5 Å². The molecular weight excluding hydrogens is 428 g/mol. The highest BCUT2D eigenvalue weighted by Crippen LogP contribution is 2.36. The van der Waals surface area contributed by atoms with Gasteiger partial charge in [-0.25, -0.2) is 14.6 Å². The average molecular weight is 453 g/mol. The normalized spacial score (nSPS) is 10.9.